The quantitative estimate of drug-likeness (QED) is 0.604. The maximum absolute atomic E-state index is 5.39. The van der Waals surface area contributed by atoms with Gasteiger partial charge in [-0.1, -0.05) is 30.3 Å². The highest BCUT2D eigenvalue weighted by molar-refractivity contribution is 6.03. The van der Waals surface area contributed by atoms with Crippen LogP contribution in [0.25, 0.3) is 21.9 Å². The van der Waals surface area contributed by atoms with Gasteiger partial charge in [-0.3, -0.25) is 0 Å². The molecule has 0 saturated heterocycles. The number of aromatic nitrogens is 1. The van der Waals surface area contributed by atoms with Crippen LogP contribution in [0.5, 0.6) is 6.08 Å². The van der Waals surface area contributed by atoms with Crippen LogP contribution in [0.15, 0.2) is 40.8 Å². The van der Waals surface area contributed by atoms with Crippen LogP contribution in [0.2, 0.25) is 0 Å². The minimum absolute atomic E-state index is 0.307. The summed E-state index contributed by atoms with van der Waals surface area (Å²) in [6, 6.07) is 12.0. The first-order valence-electron chi connectivity index (χ1n) is 4.71. The molecule has 0 amide bonds. The van der Waals surface area contributed by atoms with Gasteiger partial charge >= 0.3 is 6.08 Å². The van der Waals surface area contributed by atoms with Gasteiger partial charge in [0.15, 0.2) is 5.58 Å². The molecule has 0 bridgehead atoms. The molecule has 1 heterocycles. The zero-order valence-electron chi connectivity index (χ0n) is 8.23. The predicted molar refractivity (Wildman–Crippen MR) is 58.1 cm³/mol. The van der Waals surface area contributed by atoms with Crippen molar-refractivity contribution >= 4 is 21.9 Å². The number of methoxy groups -OCH3 is 1. The zero-order chi connectivity index (χ0) is 10.3. The Balaban J connectivity index is 2.47. The summed E-state index contributed by atoms with van der Waals surface area (Å²) in [5, 5.41) is 2.24. The molecule has 0 unspecified atom stereocenters. The average Bonchev–Trinajstić information content (AvgIpc) is 2.72. The molecule has 0 atom stereocenters. The fourth-order valence-corrected chi connectivity index (χ4v) is 1.73. The summed E-state index contributed by atoms with van der Waals surface area (Å²) in [7, 11) is 1.55. The van der Waals surface area contributed by atoms with E-state index in [1.807, 2.05) is 30.3 Å². The molecule has 1 aromatic heterocycles. The molecule has 3 nitrogen and oxygen atoms in total. The van der Waals surface area contributed by atoms with Crippen LogP contribution in [0, 0.1) is 0 Å². The van der Waals surface area contributed by atoms with E-state index in [1.54, 1.807) is 7.11 Å². The second-order valence-corrected chi connectivity index (χ2v) is 3.32. The third kappa shape index (κ3) is 1.16. The molecule has 3 heteroatoms. The predicted octanol–water partition coefficient (Wildman–Crippen LogP) is 2.99. The van der Waals surface area contributed by atoms with Crippen molar-refractivity contribution in [1.82, 2.24) is 4.98 Å². The van der Waals surface area contributed by atoms with Gasteiger partial charge in [0.1, 0.15) is 5.52 Å². The summed E-state index contributed by atoms with van der Waals surface area (Å²) in [5.41, 5.74) is 1.61. The van der Waals surface area contributed by atoms with Crippen LogP contribution in [-0.4, -0.2) is 12.1 Å². The first-order valence-corrected chi connectivity index (χ1v) is 4.71. The molecule has 3 rings (SSSR count). The van der Waals surface area contributed by atoms with Gasteiger partial charge in [-0.25, -0.2) is 0 Å². The maximum atomic E-state index is 5.39. The average molecular weight is 199 g/mol. The van der Waals surface area contributed by atoms with Crippen LogP contribution in [0.1, 0.15) is 0 Å². The lowest BCUT2D eigenvalue weighted by Crippen LogP contribution is -1.80. The summed E-state index contributed by atoms with van der Waals surface area (Å²) in [4.78, 5) is 4.27. The Kier molecular flexibility index (Phi) is 1.65. The Morgan fingerprint density at radius 2 is 2.00 bits per heavy atom. The fraction of sp³-hybridized carbons (Fsp3) is 0.0833. The Morgan fingerprint density at radius 3 is 2.87 bits per heavy atom. The second-order valence-electron chi connectivity index (χ2n) is 3.32. The third-order valence-electron chi connectivity index (χ3n) is 2.44. The van der Waals surface area contributed by atoms with Gasteiger partial charge in [0, 0.05) is 5.39 Å². The highest BCUT2D eigenvalue weighted by Gasteiger charge is 2.08. The van der Waals surface area contributed by atoms with E-state index in [1.165, 1.54) is 0 Å². The first kappa shape index (κ1) is 8.29. The molecule has 0 spiro atoms. The van der Waals surface area contributed by atoms with Gasteiger partial charge in [0.25, 0.3) is 0 Å². The number of benzene rings is 2. The van der Waals surface area contributed by atoms with Gasteiger partial charge in [-0.15, -0.1) is 0 Å². The van der Waals surface area contributed by atoms with Gasteiger partial charge in [-0.05, 0) is 11.5 Å². The van der Waals surface area contributed by atoms with E-state index in [0.717, 1.165) is 21.9 Å². The molecule has 3 aromatic rings. The van der Waals surface area contributed by atoms with E-state index in [0.29, 0.717) is 6.08 Å². The maximum Gasteiger partial charge on any atom is 0.394 e. The van der Waals surface area contributed by atoms with E-state index in [4.69, 9.17) is 9.15 Å². The Bertz CT molecular complexity index is 628. The topological polar surface area (TPSA) is 35.3 Å². The van der Waals surface area contributed by atoms with Crippen molar-refractivity contribution in [2.75, 3.05) is 7.11 Å². The van der Waals surface area contributed by atoms with E-state index >= 15 is 0 Å². The summed E-state index contributed by atoms with van der Waals surface area (Å²) in [5.74, 6) is 0. The van der Waals surface area contributed by atoms with E-state index in [2.05, 4.69) is 11.1 Å². The molecule has 2 aromatic carbocycles. The highest BCUT2D eigenvalue weighted by atomic mass is 16.6. The lowest BCUT2D eigenvalue weighted by atomic mass is 10.1. The van der Waals surface area contributed by atoms with Crippen LogP contribution < -0.4 is 4.74 Å². The number of nitrogens with zero attached hydrogens (tertiary/aromatic N) is 1. The van der Waals surface area contributed by atoms with Crippen molar-refractivity contribution in [3.63, 3.8) is 0 Å². The molecule has 15 heavy (non-hydrogen) atoms. The van der Waals surface area contributed by atoms with Crippen molar-refractivity contribution in [3.05, 3.63) is 36.4 Å². The number of fused-ring (bicyclic) bond motifs is 3. The molecule has 0 radical (unpaired) electrons. The van der Waals surface area contributed by atoms with E-state index < -0.39 is 0 Å². The second kappa shape index (κ2) is 2.98. The highest BCUT2D eigenvalue weighted by Crippen LogP contribution is 2.27. The standard InChI is InChI=1S/C12H9NO2/c1-14-12-13-11-9-5-3-2-4-8(9)6-7-10(11)15-12/h2-7H,1H3. The zero-order valence-corrected chi connectivity index (χ0v) is 8.23. The van der Waals surface area contributed by atoms with Crippen molar-refractivity contribution in [1.29, 1.82) is 0 Å². The number of hydrogen-bond acceptors (Lipinski definition) is 3. The summed E-state index contributed by atoms with van der Waals surface area (Å²) >= 11 is 0. The van der Waals surface area contributed by atoms with Crippen molar-refractivity contribution < 1.29 is 9.15 Å². The van der Waals surface area contributed by atoms with Gasteiger partial charge in [-0.2, -0.15) is 4.98 Å². The summed E-state index contributed by atoms with van der Waals surface area (Å²) in [6.45, 7) is 0. The van der Waals surface area contributed by atoms with Crippen LogP contribution in [0.3, 0.4) is 0 Å². The smallest absolute Gasteiger partial charge is 0.394 e. The molecular formula is C12H9NO2. The largest absolute Gasteiger partial charge is 0.453 e. The molecule has 0 aliphatic carbocycles. The number of oxazole rings is 1. The third-order valence-corrected chi connectivity index (χ3v) is 2.44. The van der Waals surface area contributed by atoms with Crippen LogP contribution >= 0.6 is 0 Å². The molecular weight excluding hydrogens is 190 g/mol. The van der Waals surface area contributed by atoms with Crippen molar-refractivity contribution in [3.8, 4) is 6.08 Å². The van der Waals surface area contributed by atoms with Gasteiger partial charge in [0.05, 0.1) is 7.11 Å². The normalized spacial score (nSPS) is 11.0. The van der Waals surface area contributed by atoms with E-state index in [9.17, 15) is 0 Å². The lowest BCUT2D eigenvalue weighted by molar-refractivity contribution is 0.299. The SMILES string of the molecule is COc1nc2c(ccc3ccccc32)o1. The van der Waals surface area contributed by atoms with E-state index in [-0.39, 0.29) is 0 Å². The fourth-order valence-electron chi connectivity index (χ4n) is 1.73. The van der Waals surface area contributed by atoms with Gasteiger partial charge < -0.3 is 9.15 Å². The molecule has 0 aliphatic rings. The number of hydrogen-bond donors (Lipinski definition) is 0. The van der Waals surface area contributed by atoms with Crippen LogP contribution in [0.4, 0.5) is 0 Å². The molecule has 74 valence electrons. The summed E-state index contributed by atoms with van der Waals surface area (Å²) < 4.78 is 10.4. The monoisotopic (exact) mass is 199 g/mol. The molecule has 0 saturated carbocycles. The molecule has 0 N–H and O–H groups in total. The Hall–Kier alpha value is -2.03. The minimum atomic E-state index is 0.307. The number of rotatable bonds is 1. The number of ether oxygens (including phenoxy) is 1. The van der Waals surface area contributed by atoms with Gasteiger partial charge in [0.2, 0.25) is 0 Å². The first-order chi connectivity index (χ1) is 7.38. The van der Waals surface area contributed by atoms with Crippen molar-refractivity contribution in [2.24, 2.45) is 0 Å². The lowest BCUT2D eigenvalue weighted by Gasteiger charge is -1.95. The summed E-state index contributed by atoms with van der Waals surface area (Å²) in [6.07, 6.45) is 0.307. The molecule has 0 aliphatic heterocycles. The molecule has 0 fully saturated rings. The minimum Gasteiger partial charge on any atom is -0.453 e. The Morgan fingerprint density at radius 1 is 1.13 bits per heavy atom. The van der Waals surface area contributed by atoms with Crippen molar-refractivity contribution in [2.45, 2.75) is 0 Å². The van der Waals surface area contributed by atoms with Crippen LogP contribution in [-0.2, 0) is 0 Å². The Labute approximate surface area is 86.3 Å².